The molecule has 0 bridgehead atoms. The average Bonchev–Trinajstić information content (AvgIpc) is 2.82. The maximum Gasteiger partial charge on any atom is 0.267 e. The lowest BCUT2D eigenvalue weighted by Crippen LogP contribution is -2.21. The van der Waals surface area contributed by atoms with Crippen molar-refractivity contribution in [3.8, 4) is 5.75 Å². The van der Waals surface area contributed by atoms with Crippen LogP contribution in [0.4, 0.5) is 0 Å². The smallest absolute Gasteiger partial charge is 0.267 e. The van der Waals surface area contributed by atoms with E-state index in [0.29, 0.717) is 24.4 Å². The van der Waals surface area contributed by atoms with Gasteiger partial charge in [-0.25, -0.2) is 0 Å². The van der Waals surface area contributed by atoms with Crippen LogP contribution in [0, 0.1) is 0 Å². The van der Waals surface area contributed by atoms with Crippen LogP contribution in [0.5, 0.6) is 5.75 Å². The van der Waals surface area contributed by atoms with Crippen molar-refractivity contribution in [3.05, 3.63) is 41.9 Å². The minimum absolute atomic E-state index is 0.280. The largest absolute Gasteiger partial charge is 0.486 e. The Labute approximate surface area is 136 Å². The van der Waals surface area contributed by atoms with Gasteiger partial charge >= 0.3 is 0 Å². The summed E-state index contributed by atoms with van der Waals surface area (Å²) in [6, 6.07) is 7.37. The Balaban J connectivity index is 1.81. The molecule has 1 heterocycles. The normalized spacial score (nSPS) is 17.8. The van der Waals surface area contributed by atoms with E-state index < -0.39 is 21.2 Å². The van der Waals surface area contributed by atoms with Crippen molar-refractivity contribution in [1.82, 2.24) is 0 Å². The molecule has 1 aliphatic heterocycles. The third-order valence-corrected chi connectivity index (χ3v) is 4.76. The maximum absolute atomic E-state index is 11.0. The van der Waals surface area contributed by atoms with E-state index in [9.17, 15) is 8.42 Å². The van der Waals surface area contributed by atoms with E-state index in [1.807, 2.05) is 38.1 Å². The molecule has 23 heavy (non-hydrogen) atoms. The van der Waals surface area contributed by atoms with Gasteiger partial charge in [-0.2, -0.15) is 8.42 Å². The number of ether oxygens (including phenoxy) is 3. The quantitative estimate of drug-likeness (QED) is 0.767. The molecule has 128 valence electrons. The van der Waals surface area contributed by atoms with Crippen LogP contribution in [0.25, 0.3) is 0 Å². The van der Waals surface area contributed by atoms with Gasteiger partial charge in [-0.1, -0.05) is 12.1 Å². The summed E-state index contributed by atoms with van der Waals surface area (Å²) in [6.07, 6.45) is 2.48. The third-order valence-electron chi connectivity index (χ3n) is 3.50. The standard InChI is InChI=1S/C16H22O6S/c1-12(23(17,18)19)4-5-13-6-8-14(9-7-13)20-10-15-11-21-16(2,3)22-15/h6-9,11-12H,4-5,10H2,1-3H3,(H,17,18,19)/t12-/m1/s1. The lowest BCUT2D eigenvalue weighted by Gasteiger charge is -2.18. The molecule has 0 unspecified atom stereocenters. The number of hydrogen-bond donors (Lipinski definition) is 1. The average molecular weight is 342 g/mol. The number of benzene rings is 1. The van der Waals surface area contributed by atoms with Crippen LogP contribution in [0.1, 0.15) is 32.8 Å². The minimum Gasteiger partial charge on any atom is -0.486 e. The van der Waals surface area contributed by atoms with Gasteiger partial charge in [-0.15, -0.1) is 0 Å². The van der Waals surface area contributed by atoms with Crippen molar-refractivity contribution in [2.24, 2.45) is 0 Å². The van der Waals surface area contributed by atoms with Gasteiger partial charge in [0.2, 0.25) is 5.79 Å². The molecular formula is C16H22O6S. The summed E-state index contributed by atoms with van der Waals surface area (Å²) in [6.45, 7) is 5.41. The highest BCUT2D eigenvalue weighted by Gasteiger charge is 2.27. The summed E-state index contributed by atoms with van der Waals surface area (Å²) in [4.78, 5) is 0. The van der Waals surface area contributed by atoms with Gasteiger partial charge in [-0.05, 0) is 37.5 Å². The van der Waals surface area contributed by atoms with Crippen molar-refractivity contribution in [1.29, 1.82) is 0 Å². The lowest BCUT2D eigenvalue weighted by molar-refractivity contribution is -0.119. The number of hydrogen-bond acceptors (Lipinski definition) is 5. The van der Waals surface area contributed by atoms with Gasteiger partial charge in [0, 0.05) is 13.8 Å². The van der Waals surface area contributed by atoms with Crippen LogP contribution in [0.3, 0.4) is 0 Å². The predicted octanol–water partition coefficient (Wildman–Crippen LogP) is 2.90. The van der Waals surface area contributed by atoms with E-state index in [-0.39, 0.29) is 6.61 Å². The fourth-order valence-corrected chi connectivity index (χ4v) is 2.48. The highest BCUT2D eigenvalue weighted by molar-refractivity contribution is 7.86. The Morgan fingerprint density at radius 1 is 1.26 bits per heavy atom. The van der Waals surface area contributed by atoms with Gasteiger partial charge < -0.3 is 14.2 Å². The van der Waals surface area contributed by atoms with E-state index in [1.54, 1.807) is 6.26 Å². The fraction of sp³-hybridized carbons (Fsp3) is 0.500. The molecule has 2 rings (SSSR count). The van der Waals surface area contributed by atoms with Gasteiger partial charge in [0.15, 0.2) is 5.76 Å². The first-order valence-electron chi connectivity index (χ1n) is 7.40. The van der Waals surface area contributed by atoms with Crippen LogP contribution in [-0.4, -0.2) is 30.6 Å². The Hall–Kier alpha value is -1.73. The van der Waals surface area contributed by atoms with Crippen LogP contribution in [-0.2, 0) is 26.0 Å². The second kappa shape index (κ2) is 6.80. The van der Waals surface area contributed by atoms with Crippen LogP contribution < -0.4 is 4.74 Å². The maximum atomic E-state index is 11.0. The zero-order valence-electron chi connectivity index (χ0n) is 13.5. The monoisotopic (exact) mass is 342 g/mol. The molecule has 0 spiro atoms. The zero-order valence-corrected chi connectivity index (χ0v) is 14.3. The topological polar surface area (TPSA) is 82.1 Å². The van der Waals surface area contributed by atoms with Gasteiger partial charge in [-0.3, -0.25) is 4.55 Å². The van der Waals surface area contributed by atoms with Crippen molar-refractivity contribution in [2.45, 2.75) is 44.6 Å². The number of aryl methyl sites for hydroxylation is 1. The fourth-order valence-electron chi connectivity index (χ4n) is 2.06. The molecule has 0 aromatic heterocycles. The molecule has 0 saturated heterocycles. The molecule has 0 fully saturated rings. The molecule has 1 aromatic carbocycles. The lowest BCUT2D eigenvalue weighted by atomic mass is 10.1. The van der Waals surface area contributed by atoms with Crippen molar-refractivity contribution in [2.75, 3.05) is 6.61 Å². The molecule has 1 atom stereocenters. The highest BCUT2D eigenvalue weighted by atomic mass is 32.2. The summed E-state index contributed by atoms with van der Waals surface area (Å²) < 4.78 is 47.3. The molecule has 1 aliphatic rings. The molecule has 0 radical (unpaired) electrons. The molecule has 7 heteroatoms. The summed E-state index contributed by atoms with van der Waals surface area (Å²) in [5.74, 6) is 0.665. The SMILES string of the molecule is C[C@H](CCc1ccc(OCC2=COC(C)(C)O2)cc1)S(=O)(=O)O. The Bertz CT molecular complexity index is 660. The molecular weight excluding hydrogens is 320 g/mol. The van der Waals surface area contributed by atoms with E-state index >= 15 is 0 Å². The van der Waals surface area contributed by atoms with Gasteiger partial charge in [0.1, 0.15) is 18.6 Å². The zero-order chi connectivity index (χ0) is 17.1. The second-order valence-corrected chi connectivity index (χ2v) is 7.84. The third kappa shape index (κ3) is 5.44. The first kappa shape index (κ1) is 17.6. The van der Waals surface area contributed by atoms with E-state index in [4.69, 9.17) is 18.8 Å². The molecule has 0 aliphatic carbocycles. The first-order chi connectivity index (χ1) is 10.7. The van der Waals surface area contributed by atoms with E-state index in [2.05, 4.69) is 0 Å². The number of rotatable bonds is 7. The molecule has 0 saturated carbocycles. The molecule has 1 N–H and O–H groups in total. The Morgan fingerprint density at radius 2 is 1.91 bits per heavy atom. The van der Waals surface area contributed by atoms with Gasteiger partial charge in [0.05, 0.1) is 5.25 Å². The van der Waals surface area contributed by atoms with Crippen molar-refractivity contribution in [3.63, 3.8) is 0 Å². The van der Waals surface area contributed by atoms with Crippen molar-refractivity contribution >= 4 is 10.1 Å². The molecule has 1 aromatic rings. The second-order valence-electron chi connectivity index (χ2n) is 6.00. The molecule has 6 nitrogen and oxygen atoms in total. The first-order valence-corrected chi connectivity index (χ1v) is 8.90. The van der Waals surface area contributed by atoms with Crippen molar-refractivity contribution < 1.29 is 27.2 Å². The molecule has 0 amide bonds. The van der Waals surface area contributed by atoms with E-state index in [0.717, 1.165) is 5.56 Å². The van der Waals surface area contributed by atoms with Crippen LogP contribution in [0.15, 0.2) is 36.3 Å². The summed E-state index contributed by atoms with van der Waals surface area (Å²) in [5.41, 5.74) is 0.980. The summed E-state index contributed by atoms with van der Waals surface area (Å²) >= 11 is 0. The van der Waals surface area contributed by atoms with Crippen LogP contribution in [0.2, 0.25) is 0 Å². The van der Waals surface area contributed by atoms with Crippen LogP contribution >= 0.6 is 0 Å². The van der Waals surface area contributed by atoms with E-state index in [1.165, 1.54) is 6.92 Å². The predicted molar refractivity (Wildman–Crippen MR) is 85.6 cm³/mol. The summed E-state index contributed by atoms with van der Waals surface area (Å²) in [5, 5.41) is -0.770. The summed E-state index contributed by atoms with van der Waals surface area (Å²) in [7, 11) is -3.97. The Kier molecular flexibility index (Phi) is 5.21. The van der Waals surface area contributed by atoms with Gasteiger partial charge in [0.25, 0.3) is 10.1 Å². The minimum atomic E-state index is -3.97. The Morgan fingerprint density at radius 3 is 2.43 bits per heavy atom. The highest BCUT2D eigenvalue weighted by Crippen LogP contribution is 2.25.